The fourth-order valence-electron chi connectivity index (χ4n) is 3.15. The molecular weight excluding hydrogens is 294 g/mol. The average molecular weight is 319 g/mol. The molecule has 23 heavy (non-hydrogen) atoms. The zero-order valence-electron chi connectivity index (χ0n) is 13.8. The number of rotatable bonds is 6. The average Bonchev–Trinajstić information content (AvgIpc) is 2.55. The first-order valence-corrected chi connectivity index (χ1v) is 8.24. The van der Waals surface area contributed by atoms with Crippen LogP contribution in [0.2, 0.25) is 0 Å². The van der Waals surface area contributed by atoms with Crippen molar-refractivity contribution in [3.8, 4) is 0 Å². The molecule has 1 unspecified atom stereocenters. The molecule has 0 aliphatic carbocycles. The van der Waals surface area contributed by atoms with Gasteiger partial charge in [0.1, 0.15) is 6.10 Å². The molecule has 0 saturated carbocycles. The van der Waals surface area contributed by atoms with Crippen molar-refractivity contribution in [3.05, 3.63) is 35.4 Å². The Hall–Kier alpha value is -1.88. The van der Waals surface area contributed by atoms with E-state index in [0.717, 1.165) is 37.9 Å². The van der Waals surface area contributed by atoms with E-state index in [2.05, 4.69) is 0 Å². The number of piperidine rings is 1. The number of likely N-dealkylation sites (tertiary alicyclic amines) is 1. The van der Waals surface area contributed by atoms with Crippen LogP contribution >= 0.6 is 0 Å². The van der Waals surface area contributed by atoms with Crippen LogP contribution in [-0.2, 0) is 16.0 Å². The fraction of sp³-hybridized carbons (Fsp3) is 0.556. The molecule has 0 aromatic heterocycles. The third-order valence-corrected chi connectivity index (χ3v) is 4.45. The molecule has 2 rings (SSSR count). The number of carboxylic acids is 1. The van der Waals surface area contributed by atoms with Crippen LogP contribution in [0.4, 0.5) is 0 Å². The summed E-state index contributed by atoms with van der Waals surface area (Å²) in [6, 6.07) is 7.17. The molecule has 1 aromatic rings. The maximum atomic E-state index is 12.2. The molecule has 0 bridgehead atoms. The van der Waals surface area contributed by atoms with Gasteiger partial charge in [0.2, 0.25) is 0 Å². The Bertz CT molecular complexity index is 550. The number of benzene rings is 1. The van der Waals surface area contributed by atoms with Crippen molar-refractivity contribution in [1.82, 2.24) is 4.90 Å². The molecule has 0 spiro atoms. The van der Waals surface area contributed by atoms with E-state index in [4.69, 9.17) is 4.74 Å². The molecule has 1 atom stereocenters. The van der Waals surface area contributed by atoms with Gasteiger partial charge >= 0.3 is 5.97 Å². The smallest absolute Gasteiger partial charge is 0.335 e. The van der Waals surface area contributed by atoms with Crippen molar-refractivity contribution in [2.24, 2.45) is 5.92 Å². The topological polar surface area (TPSA) is 66.8 Å². The number of ether oxygens (including phenoxy) is 1. The number of hydrogen-bond donors (Lipinski definition) is 1. The van der Waals surface area contributed by atoms with E-state index in [1.807, 2.05) is 24.0 Å². The second-order valence-electron chi connectivity index (χ2n) is 6.03. The molecular formula is C18H25NO4. The summed E-state index contributed by atoms with van der Waals surface area (Å²) in [5.41, 5.74) is 1.27. The van der Waals surface area contributed by atoms with Gasteiger partial charge in [-0.2, -0.15) is 0 Å². The van der Waals surface area contributed by atoms with Crippen LogP contribution in [0.1, 0.15) is 42.6 Å². The predicted molar refractivity (Wildman–Crippen MR) is 87.5 cm³/mol. The highest BCUT2D eigenvalue weighted by molar-refractivity contribution is 5.89. The first-order valence-electron chi connectivity index (χ1n) is 8.24. The number of nitrogens with zero attached hydrogens (tertiary/aromatic N) is 1. The first kappa shape index (κ1) is 17.5. The SMILES string of the molecule is CCOC(C)C(=O)N1CCC(Cc2ccccc2C(=O)O)CC1. The van der Waals surface area contributed by atoms with Crippen molar-refractivity contribution in [2.75, 3.05) is 19.7 Å². The summed E-state index contributed by atoms with van der Waals surface area (Å²) < 4.78 is 5.36. The summed E-state index contributed by atoms with van der Waals surface area (Å²) >= 11 is 0. The number of hydrogen-bond acceptors (Lipinski definition) is 3. The predicted octanol–water partition coefficient (Wildman–Crippen LogP) is 2.59. The zero-order valence-corrected chi connectivity index (χ0v) is 13.8. The number of carbonyl (C=O) groups is 2. The van der Waals surface area contributed by atoms with Gasteiger partial charge in [-0.05, 0) is 50.7 Å². The van der Waals surface area contributed by atoms with Gasteiger partial charge in [-0.1, -0.05) is 18.2 Å². The molecule has 1 amide bonds. The van der Waals surface area contributed by atoms with Crippen LogP contribution in [-0.4, -0.2) is 47.7 Å². The van der Waals surface area contributed by atoms with E-state index < -0.39 is 5.97 Å². The summed E-state index contributed by atoms with van der Waals surface area (Å²) in [6.07, 6.45) is 2.17. The molecule has 1 heterocycles. The van der Waals surface area contributed by atoms with Gasteiger partial charge in [0.15, 0.2) is 0 Å². The number of aromatic carboxylic acids is 1. The lowest BCUT2D eigenvalue weighted by Crippen LogP contribution is -2.44. The Labute approximate surface area is 137 Å². The van der Waals surface area contributed by atoms with Crippen molar-refractivity contribution in [3.63, 3.8) is 0 Å². The Morgan fingerprint density at radius 1 is 1.30 bits per heavy atom. The molecule has 5 heteroatoms. The molecule has 1 aliphatic rings. The van der Waals surface area contributed by atoms with E-state index in [1.54, 1.807) is 19.1 Å². The number of carbonyl (C=O) groups excluding carboxylic acids is 1. The molecule has 5 nitrogen and oxygen atoms in total. The largest absolute Gasteiger partial charge is 0.478 e. The van der Waals surface area contributed by atoms with E-state index in [-0.39, 0.29) is 12.0 Å². The van der Waals surface area contributed by atoms with E-state index in [1.165, 1.54) is 0 Å². The normalized spacial score (nSPS) is 17.0. The van der Waals surface area contributed by atoms with Gasteiger partial charge < -0.3 is 14.7 Å². The maximum absolute atomic E-state index is 12.2. The number of carboxylic acid groups (broad SMARTS) is 1. The lowest BCUT2D eigenvalue weighted by molar-refractivity contribution is -0.143. The zero-order chi connectivity index (χ0) is 16.8. The van der Waals surface area contributed by atoms with Gasteiger partial charge in [0, 0.05) is 19.7 Å². The number of amides is 1. The van der Waals surface area contributed by atoms with Crippen LogP contribution < -0.4 is 0 Å². The van der Waals surface area contributed by atoms with Crippen LogP contribution in [0.5, 0.6) is 0 Å². The van der Waals surface area contributed by atoms with E-state index >= 15 is 0 Å². The lowest BCUT2D eigenvalue weighted by Gasteiger charge is -2.33. The quantitative estimate of drug-likeness (QED) is 0.875. The first-order chi connectivity index (χ1) is 11.0. The van der Waals surface area contributed by atoms with Crippen LogP contribution in [0.3, 0.4) is 0 Å². The molecule has 1 aliphatic heterocycles. The summed E-state index contributed by atoms with van der Waals surface area (Å²) in [5.74, 6) is -0.406. The summed E-state index contributed by atoms with van der Waals surface area (Å²) in [7, 11) is 0. The highest BCUT2D eigenvalue weighted by Crippen LogP contribution is 2.24. The minimum Gasteiger partial charge on any atom is -0.478 e. The van der Waals surface area contributed by atoms with Crippen LogP contribution in [0.25, 0.3) is 0 Å². The molecule has 1 aromatic carbocycles. The Balaban J connectivity index is 1.90. The second kappa shape index (κ2) is 8.11. The maximum Gasteiger partial charge on any atom is 0.335 e. The van der Waals surface area contributed by atoms with Crippen molar-refractivity contribution >= 4 is 11.9 Å². The molecule has 1 N–H and O–H groups in total. The third kappa shape index (κ3) is 4.55. The Morgan fingerprint density at radius 3 is 2.57 bits per heavy atom. The van der Waals surface area contributed by atoms with Gasteiger partial charge in [-0.25, -0.2) is 4.79 Å². The summed E-state index contributed by atoms with van der Waals surface area (Å²) in [5, 5.41) is 9.25. The van der Waals surface area contributed by atoms with E-state index in [9.17, 15) is 14.7 Å². The Kier molecular flexibility index (Phi) is 6.16. The Morgan fingerprint density at radius 2 is 1.96 bits per heavy atom. The highest BCUT2D eigenvalue weighted by Gasteiger charge is 2.26. The minimum atomic E-state index is -0.876. The second-order valence-corrected chi connectivity index (χ2v) is 6.03. The van der Waals surface area contributed by atoms with Gasteiger partial charge in [-0.15, -0.1) is 0 Å². The third-order valence-electron chi connectivity index (χ3n) is 4.45. The molecule has 1 saturated heterocycles. The standard InChI is InChI=1S/C18H25NO4/c1-3-23-13(2)17(20)19-10-8-14(9-11-19)12-15-6-4-5-7-16(15)18(21)22/h4-7,13-14H,3,8-12H2,1-2H3,(H,21,22). The van der Waals surface area contributed by atoms with Crippen molar-refractivity contribution in [2.45, 2.75) is 39.2 Å². The fourth-order valence-corrected chi connectivity index (χ4v) is 3.15. The monoisotopic (exact) mass is 319 g/mol. The van der Waals surface area contributed by atoms with Crippen LogP contribution in [0, 0.1) is 5.92 Å². The molecule has 0 radical (unpaired) electrons. The molecule has 1 fully saturated rings. The van der Waals surface area contributed by atoms with Crippen molar-refractivity contribution in [1.29, 1.82) is 0 Å². The van der Waals surface area contributed by atoms with Crippen molar-refractivity contribution < 1.29 is 19.4 Å². The van der Waals surface area contributed by atoms with Gasteiger partial charge in [-0.3, -0.25) is 4.79 Å². The summed E-state index contributed by atoms with van der Waals surface area (Å²) in [6.45, 7) is 5.65. The van der Waals surface area contributed by atoms with Crippen LogP contribution in [0.15, 0.2) is 24.3 Å². The minimum absolute atomic E-state index is 0.0521. The molecule has 126 valence electrons. The lowest BCUT2D eigenvalue weighted by atomic mass is 9.88. The van der Waals surface area contributed by atoms with E-state index in [0.29, 0.717) is 18.1 Å². The van der Waals surface area contributed by atoms with Gasteiger partial charge in [0.05, 0.1) is 5.56 Å². The highest BCUT2D eigenvalue weighted by atomic mass is 16.5. The van der Waals surface area contributed by atoms with Gasteiger partial charge in [0.25, 0.3) is 5.91 Å². The summed E-state index contributed by atoms with van der Waals surface area (Å²) in [4.78, 5) is 25.4.